The summed E-state index contributed by atoms with van der Waals surface area (Å²) in [7, 11) is -3.83. The van der Waals surface area contributed by atoms with Gasteiger partial charge < -0.3 is 0 Å². The Hall–Kier alpha value is -1.47. The Morgan fingerprint density at radius 1 is 1.00 bits per heavy atom. The van der Waals surface area contributed by atoms with E-state index in [1.54, 1.807) is 0 Å². The van der Waals surface area contributed by atoms with Gasteiger partial charge in [-0.05, 0) is 12.5 Å². The third kappa shape index (κ3) is 7.09. The molecular formula is C16H26N2O4S. The van der Waals surface area contributed by atoms with Gasteiger partial charge in [0.05, 0.1) is 4.92 Å². The van der Waals surface area contributed by atoms with Crippen molar-refractivity contribution in [2.45, 2.75) is 63.2 Å². The first-order valence-corrected chi connectivity index (χ1v) is 9.70. The molecule has 1 rings (SSSR count). The third-order valence-corrected chi connectivity index (χ3v) is 5.18. The van der Waals surface area contributed by atoms with E-state index in [0.717, 1.165) is 19.3 Å². The molecule has 0 saturated heterocycles. The monoisotopic (exact) mass is 342 g/mol. The van der Waals surface area contributed by atoms with Crippen molar-refractivity contribution < 1.29 is 13.3 Å². The second kappa shape index (κ2) is 10.3. The zero-order chi connectivity index (χ0) is 17.1. The van der Waals surface area contributed by atoms with E-state index in [2.05, 4.69) is 11.6 Å². The molecule has 0 saturated carbocycles. The molecule has 0 amide bonds. The van der Waals surface area contributed by atoms with Gasteiger partial charge in [-0.3, -0.25) is 10.1 Å². The first-order valence-electron chi connectivity index (χ1n) is 8.22. The summed E-state index contributed by atoms with van der Waals surface area (Å²) in [5.41, 5.74) is -0.393. The number of unbranched alkanes of at least 4 members (excludes halogenated alkanes) is 7. The first kappa shape index (κ1) is 19.6. The van der Waals surface area contributed by atoms with E-state index < -0.39 is 20.6 Å². The minimum atomic E-state index is -3.83. The number of hydrogen-bond acceptors (Lipinski definition) is 4. The number of nitro benzene ring substituents is 1. The molecule has 0 unspecified atom stereocenters. The van der Waals surface area contributed by atoms with Crippen molar-refractivity contribution in [3.8, 4) is 0 Å². The molecule has 6 nitrogen and oxygen atoms in total. The summed E-state index contributed by atoms with van der Waals surface area (Å²) < 4.78 is 26.7. The maximum absolute atomic E-state index is 12.1. The van der Waals surface area contributed by atoms with E-state index in [0.29, 0.717) is 6.54 Å². The number of hydrogen-bond donors (Lipinski definition) is 1. The van der Waals surface area contributed by atoms with E-state index in [4.69, 9.17) is 0 Å². The van der Waals surface area contributed by atoms with Crippen LogP contribution in [-0.4, -0.2) is 19.9 Å². The predicted octanol–water partition coefficient (Wildman–Crippen LogP) is 4.01. The Kier molecular flexibility index (Phi) is 8.79. The molecular weight excluding hydrogens is 316 g/mol. The zero-order valence-electron chi connectivity index (χ0n) is 13.7. The lowest BCUT2D eigenvalue weighted by atomic mass is 10.1. The number of nitrogens with one attached hydrogen (secondary N) is 1. The molecule has 0 aliphatic heterocycles. The van der Waals surface area contributed by atoms with Crippen molar-refractivity contribution in [1.82, 2.24) is 4.72 Å². The molecule has 1 aromatic rings. The Labute approximate surface area is 138 Å². The van der Waals surface area contributed by atoms with Gasteiger partial charge in [-0.1, -0.05) is 64.0 Å². The second-order valence-electron chi connectivity index (χ2n) is 5.60. The van der Waals surface area contributed by atoms with Gasteiger partial charge in [-0.25, -0.2) is 13.1 Å². The second-order valence-corrected chi connectivity index (χ2v) is 7.33. The molecule has 0 heterocycles. The van der Waals surface area contributed by atoms with Gasteiger partial charge in [0.15, 0.2) is 4.90 Å². The first-order chi connectivity index (χ1) is 11.0. The fourth-order valence-electron chi connectivity index (χ4n) is 2.38. The van der Waals surface area contributed by atoms with Crippen molar-refractivity contribution in [2.75, 3.05) is 6.54 Å². The summed E-state index contributed by atoms with van der Waals surface area (Å²) in [6.07, 6.45) is 8.98. The largest absolute Gasteiger partial charge is 0.289 e. The van der Waals surface area contributed by atoms with Crippen LogP contribution in [0.5, 0.6) is 0 Å². The van der Waals surface area contributed by atoms with Gasteiger partial charge in [-0.2, -0.15) is 0 Å². The Bertz CT molecular complexity index is 587. The van der Waals surface area contributed by atoms with E-state index in [-0.39, 0.29) is 4.90 Å². The van der Waals surface area contributed by atoms with Crippen molar-refractivity contribution in [3.63, 3.8) is 0 Å². The van der Waals surface area contributed by atoms with Gasteiger partial charge in [0.1, 0.15) is 0 Å². The average Bonchev–Trinajstić information content (AvgIpc) is 2.53. The molecule has 0 radical (unpaired) electrons. The topological polar surface area (TPSA) is 89.3 Å². The lowest BCUT2D eigenvalue weighted by molar-refractivity contribution is -0.387. The molecule has 1 N–H and O–H groups in total. The van der Waals surface area contributed by atoms with E-state index in [1.807, 2.05) is 0 Å². The maximum Gasteiger partial charge on any atom is 0.289 e. The lowest BCUT2D eigenvalue weighted by Gasteiger charge is -2.07. The minimum absolute atomic E-state index is 0.274. The van der Waals surface area contributed by atoms with Crippen LogP contribution in [-0.2, 0) is 10.0 Å². The molecule has 0 spiro atoms. The lowest BCUT2D eigenvalue weighted by Crippen LogP contribution is -2.25. The van der Waals surface area contributed by atoms with Crippen LogP contribution in [0, 0.1) is 10.1 Å². The quantitative estimate of drug-likeness (QED) is 0.353. The molecule has 0 fully saturated rings. The summed E-state index contributed by atoms with van der Waals surface area (Å²) in [6.45, 7) is 2.49. The third-order valence-electron chi connectivity index (χ3n) is 3.67. The fraction of sp³-hybridized carbons (Fsp3) is 0.625. The molecule has 0 aliphatic rings. The summed E-state index contributed by atoms with van der Waals surface area (Å²) in [6, 6.07) is 5.40. The molecule has 0 atom stereocenters. The van der Waals surface area contributed by atoms with Crippen molar-refractivity contribution in [3.05, 3.63) is 34.4 Å². The van der Waals surface area contributed by atoms with Crippen LogP contribution >= 0.6 is 0 Å². The molecule has 1 aromatic carbocycles. The van der Waals surface area contributed by atoms with E-state index in [1.165, 1.54) is 56.4 Å². The number of nitrogens with zero attached hydrogens (tertiary/aromatic N) is 1. The normalized spacial score (nSPS) is 11.5. The molecule has 23 heavy (non-hydrogen) atoms. The Morgan fingerprint density at radius 2 is 1.57 bits per heavy atom. The minimum Gasteiger partial charge on any atom is -0.258 e. The number of nitro groups is 1. The van der Waals surface area contributed by atoms with Gasteiger partial charge >= 0.3 is 0 Å². The van der Waals surface area contributed by atoms with Crippen LogP contribution in [0.4, 0.5) is 5.69 Å². The number of rotatable bonds is 12. The van der Waals surface area contributed by atoms with Crippen LogP contribution in [0.3, 0.4) is 0 Å². The maximum atomic E-state index is 12.1. The van der Waals surface area contributed by atoms with Crippen molar-refractivity contribution >= 4 is 15.7 Å². The SMILES string of the molecule is CCCCCCCCCCNS(=O)(=O)c1ccccc1[N+](=O)[O-]. The smallest absolute Gasteiger partial charge is 0.258 e. The van der Waals surface area contributed by atoms with Crippen molar-refractivity contribution in [2.24, 2.45) is 0 Å². The van der Waals surface area contributed by atoms with Crippen LogP contribution in [0.1, 0.15) is 58.3 Å². The summed E-state index contributed by atoms with van der Waals surface area (Å²) >= 11 is 0. The zero-order valence-corrected chi connectivity index (χ0v) is 14.5. The summed E-state index contributed by atoms with van der Waals surface area (Å²) in [5.74, 6) is 0. The molecule has 7 heteroatoms. The molecule has 0 aliphatic carbocycles. The van der Waals surface area contributed by atoms with Crippen LogP contribution in [0.15, 0.2) is 29.2 Å². The average molecular weight is 342 g/mol. The van der Waals surface area contributed by atoms with E-state index in [9.17, 15) is 18.5 Å². The summed E-state index contributed by atoms with van der Waals surface area (Å²) in [5, 5.41) is 10.9. The van der Waals surface area contributed by atoms with Gasteiger partial charge in [0, 0.05) is 12.6 Å². The highest BCUT2D eigenvalue weighted by Gasteiger charge is 2.24. The van der Waals surface area contributed by atoms with E-state index >= 15 is 0 Å². The molecule has 130 valence electrons. The van der Waals surface area contributed by atoms with Gasteiger partial charge in [0.25, 0.3) is 5.69 Å². The van der Waals surface area contributed by atoms with Crippen molar-refractivity contribution in [1.29, 1.82) is 0 Å². The number of benzene rings is 1. The molecule has 0 bridgehead atoms. The fourth-order valence-corrected chi connectivity index (χ4v) is 3.62. The number of sulfonamides is 1. The van der Waals surface area contributed by atoms with Crippen LogP contribution in [0.25, 0.3) is 0 Å². The summed E-state index contributed by atoms with van der Waals surface area (Å²) in [4.78, 5) is 9.96. The highest BCUT2D eigenvalue weighted by molar-refractivity contribution is 7.89. The van der Waals surface area contributed by atoms with Gasteiger partial charge in [0.2, 0.25) is 10.0 Å². The predicted molar refractivity (Wildman–Crippen MR) is 90.9 cm³/mol. The standard InChI is InChI=1S/C16H26N2O4S/c1-2-3-4-5-6-7-8-11-14-17-23(21,22)16-13-10-9-12-15(16)18(19)20/h9-10,12-13,17H,2-8,11,14H2,1H3. The van der Waals surface area contributed by atoms with Gasteiger partial charge in [-0.15, -0.1) is 0 Å². The number of para-hydroxylation sites is 1. The van der Waals surface area contributed by atoms with Crippen LogP contribution in [0.2, 0.25) is 0 Å². The molecule has 0 aromatic heterocycles. The van der Waals surface area contributed by atoms with Crippen LogP contribution < -0.4 is 4.72 Å². The Morgan fingerprint density at radius 3 is 2.17 bits per heavy atom. The Balaban J connectivity index is 2.36. The highest BCUT2D eigenvalue weighted by Crippen LogP contribution is 2.22. The highest BCUT2D eigenvalue weighted by atomic mass is 32.2.